The van der Waals surface area contributed by atoms with E-state index in [1.165, 1.54) is 19.9 Å². The number of carbonyl (C=O) groups is 2. The molecular weight excluding hydrogens is 286 g/mol. The van der Waals surface area contributed by atoms with Crippen LogP contribution in [0.4, 0.5) is 0 Å². The van der Waals surface area contributed by atoms with Crippen LogP contribution < -0.4 is 14.8 Å². The van der Waals surface area contributed by atoms with E-state index in [9.17, 15) is 14.7 Å². The SMILES string of the molecule is CC(=O)Oc1cc(OC(C)=O)cc(C(O)CNC(C)(C)C)c1. The Morgan fingerprint density at radius 2 is 1.55 bits per heavy atom. The zero-order chi connectivity index (χ0) is 16.9. The lowest BCUT2D eigenvalue weighted by Gasteiger charge is -2.23. The van der Waals surface area contributed by atoms with Gasteiger partial charge in [0.25, 0.3) is 0 Å². The van der Waals surface area contributed by atoms with Crippen LogP contribution in [0.3, 0.4) is 0 Å². The van der Waals surface area contributed by atoms with Crippen LogP contribution in [0.25, 0.3) is 0 Å². The van der Waals surface area contributed by atoms with Crippen molar-refractivity contribution in [1.82, 2.24) is 5.32 Å². The molecule has 0 bridgehead atoms. The van der Waals surface area contributed by atoms with Gasteiger partial charge in [-0.3, -0.25) is 9.59 Å². The minimum Gasteiger partial charge on any atom is -0.427 e. The summed E-state index contributed by atoms with van der Waals surface area (Å²) >= 11 is 0. The first-order valence-electron chi connectivity index (χ1n) is 7.02. The van der Waals surface area contributed by atoms with Gasteiger partial charge in [-0.1, -0.05) is 0 Å². The monoisotopic (exact) mass is 309 g/mol. The Kier molecular flexibility index (Phi) is 6.08. The Balaban J connectivity index is 3.00. The highest BCUT2D eigenvalue weighted by Gasteiger charge is 2.16. The molecule has 0 saturated carbocycles. The van der Waals surface area contributed by atoms with Crippen LogP contribution in [-0.2, 0) is 9.59 Å². The maximum Gasteiger partial charge on any atom is 0.308 e. The van der Waals surface area contributed by atoms with E-state index in [-0.39, 0.29) is 17.0 Å². The molecule has 1 rings (SSSR count). The molecule has 6 heteroatoms. The zero-order valence-electron chi connectivity index (χ0n) is 13.6. The fourth-order valence-electron chi connectivity index (χ4n) is 1.76. The maximum atomic E-state index is 11.1. The number of benzene rings is 1. The number of aliphatic hydroxyl groups is 1. The molecule has 0 fully saturated rings. The van der Waals surface area contributed by atoms with Gasteiger partial charge in [0, 0.05) is 32.0 Å². The van der Waals surface area contributed by atoms with Gasteiger partial charge in [-0.25, -0.2) is 0 Å². The van der Waals surface area contributed by atoms with E-state index in [1.807, 2.05) is 20.8 Å². The molecule has 0 heterocycles. The van der Waals surface area contributed by atoms with Crippen LogP contribution in [0.5, 0.6) is 11.5 Å². The van der Waals surface area contributed by atoms with E-state index in [1.54, 1.807) is 12.1 Å². The summed E-state index contributed by atoms with van der Waals surface area (Å²) in [5.74, 6) is -0.548. The third kappa shape index (κ3) is 6.69. The Hall–Kier alpha value is -1.92. The van der Waals surface area contributed by atoms with Gasteiger partial charge in [-0.05, 0) is 38.5 Å². The predicted molar refractivity (Wildman–Crippen MR) is 81.8 cm³/mol. The van der Waals surface area contributed by atoms with Crippen molar-refractivity contribution >= 4 is 11.9 Å². The van der Waals surface area contributed by atoms with Gasteiger partial charge in [0.15, 0.2) is 0 Å². The minimum atomic E-state index is -0.830. The lowest BCUT2D eigenvalue weighted by molar-refractivity contribution is -0.132. The van der Waals surface area contributed by atoms with Crippen molar-refractivity contribution in [2.24, 2.45) is 0 Å². The topological polar surface area (TPSA) is 84.9 Å². The fraction of sp³-hybridized carbons (Fsp3) is 0.500. The highest BCUT2D eigenvalue weighted by molar-refractivity contribution is 5.71. The van der Waals surface area contributed by atoms with Crippen LogP contribution in [0.1, 0.15) is 46.3 Å². The molecule has 0 aromatic heterocycles. The molecule has 0 amide bonds. The number of β-amino-alcohol motifs (C(OH)–C–C–N with tert-alkyl or cyclic N) is 1. The number of nitrogens with one attached hydrogen (secondary N) is 1. The van der Waals surface area contributed by atoms with E-state index in [0.717, 1.165) is 0 Å². The largest absolute Gasteiger partial charge is 0.427 e. The second kappa shape index (κ2) is 7.38. The Bertz CT molecular complexity index is 514. The van der Waals surface area contributed by atoms with Crippen molar-refractivity contribution in [2.75, 3.05) is 6.54 Å². The Labute approximate surface area is 130 Å². The molecule has 122 valence electrons. The minimum absolute atomic E-state index is 0.146. The molecule has 1 unspecified atom stereocenters. The Morgan fingerprint density at radius 3 is 1.91 bits per heavy atom. The maximum absolute atomic E-state index is 11.1. The van der Waals surface area contributed by atoms with Crippen LogP contribution in [0.15, 0.2) is 18.2 Å². The second-order valence-electron chi connectivity index (χ2n) is 6.07. The quantitative estimate of drug-likeness (QED) is 0.639. The molecule has 0 aliphatic rings. The van der Waals surface area contributed by atoms with E-state index < -0.39 is 18.0 Å². The smallest absolute Gasteiger partial charge is 0.308 e. The molecular formula is C16H23NO5. The molecule has 0 aliphatic carbocycles. The van der Waals surface area contributed by atoms with E-state index >= 15 is 0 Å². The average Bonchev–Trinajstić information content (AvgIpc) is 2.32. The summed E-state index contributed by atoms with van der Waals surface area (Å²) in [5, 5.41) is 13.4. The van der Waals surface area contributed by atoms with E-state index in [0.29, 0.717) is 12.1 Å². The first-order valence-corrected chi connectivity index (χ1v) is 7.02. The normalized spacial score (nSPS) is 12.6. The lowest BCUT2D eigenvalue weighted by Crippen LogP contribution is -2.38. The molecule has 1 aromatic carbocycles. The van der Waals surface area contributed by atoms with E-state index in [4.69, 9.17) is 9.47 Å². The second-order valence-corrected chi connectivity index (χ2v) is 6.07. The first kappa shape index (κ1) is 18.1. The van der Waals surface area contributed by atoms with Crippen molar-refractivity contribution in [3.63, 3.8) is 0 Å². The zero-order valence-corrected chi connectivity index (χ0v) is 13.6. The first-order chi connectivity index (χ1) is 10.1. The summed E-state index contributed by atoms with van der Waals surface area (Å²) in [7, 11) is 0. The van der Waals surface area contributed by atoms with Gasteiger partial charge in [-0.15, -0.1) is 0 Å². The third-order valence-corrected chi connectivity index (χ3v) is 2.64. The van der Waals surface area contributed by atoms with Gasteiger partial charge >= 0.3 is 11.9 Å². The lowest BCUT2D eigenvalue weighted by atomic mass is 10.1. The van der Waals surface area contributed by atoms with Gasteiger partial charge in [0.2, 0.25) is 0 Å². The average molecular weight is 309 g/mol. The van der Waals surface area contributed by atoms with Gasteiger partial charge in [0.1, 0.15) is 11.5 Å². The van der Waals surface area contributed by atoms with Crippen molar-refractivity contribution in [1.29, 1.82) is 0 Å². The standard InChI is InChI=1S/C16H23NO5/c1-10(18)21-13-6-12(7-14(8-13)22-11(2)19)15(20)9-17-16(3,4)5/h6-8,15,17,20H,9H2,1-5H3. The number of hydrogen-bond donors (Lipinski definition) is 2. The summed E-state index contributed by atoms with van der Waals surface area (Å²) in [6.45, 7) is 8.82. The Morgan fingerprint density at radius 1 is 1.09 bits per heavy atom. The highest BCUT2D eigenvalue weighted by atomic mass is 16.5. The van der Waals surface area contributed by atoms with Crippen molar-refractivity contribution in [3.05, 3.63) is 23.8 Å². The molecule has 0 aliphatic heterocycles. The summed E-state index contributed by atoms with van der Waals surface area (Å²) in [6, 6.07) is 4.52. The van der Waals surface area contributed by atoms with Gasteiger partial charge in [-0.2, -0.15) is 0 Å². The van der Waals surface area contributed by atoms with Crippen LogP contribution >= 0.6 is 0 Å². The molecule has 1 atom stereocenters. The number of rotatable bonds is 5. The molecule has 2 N–H and O–H groups in total. The van der Waals surface area contributed by atoms with Crippen molar-refractivity contribution < 1.29 is 24.2 Å². The van der Waals surface area contributed by atoms with Gasteiger partial charge in [0.05, 0.1) is 6.10 Å². The molecule has 22 heavy (non-hydrogen) atoms. The summed E-state index contributed by atoms with van der Waals surface area (Å²) in [4.78, 5) is 22.2. The van der Waals surface area contributed by atoms with Crippen molar-refractivity contribution in [2.45, 2.75) is 46.3 Å². The molecule has 0 spiro atoms. The van der Waals surface area contributed by atoms with E-state index in [2.05, 4.69) is 5.32 Å². The predicted octanol–water partition coefficient (Wildman–Crippen LogP) is 1.96. The summed E-state index contributed by atoms with van der Waals surface area (Å²) in [6.07, 6.45) is -0.830. The third-order valence-electron chi connectivity index (χ3n) is 2.64. The number of esters is 2. The van der Waals surface area contributed by atoms with Crippen molar-refractivity contribution in [3.8, 4) is 11.5 Å². The molecule has 6 nitrogen and oxygen atoms in total. The van der Waals surface area contributed by atoms with Crippen LogP contribution in [0, 0.1) is 0 Å². The van der Waals surface area contributed by atoms with Crippen LogP contribution in [0.2, 0.25) is 0 Å². The molecule has 1 aromatic rings. The number of aliphatic hydroxyl groups excluding tert-OH is 1. The number of ether oxygens (including phenoxy) is 2. The summed E-state index contributed by atoms with van der Waals surface area (Å²) < 4.78 is 10.0. The summed E-state index contributed by atoms with van der Waals surface area (Å²) in [5.41, 5.74) is 0.347. The van der Waals surface area contributed by atoms with Crippen LogP contribution in [-0.4, -0.2) is 29.1 Å². The van der Waals surface area contributed by atoms with Gasteiger partial charge < -0.3 is 19.9 Å². The molecule has 0 saturated heterocycles. The number of carbonyl (C=O) groups excluding carboxylic acids is 2. The molecule has 0 radical (unpaired) electrons. The number of hydrogen-bond acceptors (Lipinski definition) is 6. The highest BCUT2D eigenvalue weighted by Crippen LogP contribution is 2.27. The fourth-order valence-corrected chi connectivity index (χ4v) is 1.76.